The van der Waals surface area contributed by atoms with Gasteiger partial charge in [0.05, 0.1) is 10.7 Å². The zero-order valence-electron chi connectivity index (χ0n) is 11.5. The average molecular weight is 319 g/mol. The number of halogens is 2. The largest absolute Gasteiger partial charge is 0.381 e. The molecule has 0 heterocycles. The number of nitrogens with one attached hydrogen (secondary N) is 2. The molecule has 1 aromatic carbocycles. The second-order valence-electron chi connectivity index (χ2n) is 4.32. The van der Waals surface area contributed by atoms with Crippen molar-refractivity contribution in [1.82, 2.24) is 5.32 Å². The Balaban J connectivity index is 2.19. The van der Waals surface area contributed by atoms with Gasteiger partial charge in [-0.1, -0.05) is 36.5 Å². The second kappa shape index (κ2) is 9.86. The Morgan fingerprint density at radius 1 is 1.25 bits per heavy atom. The van der Waals surface area contributed by atoms with Gasteiger partial charge in [-0.3, -0.25) is 0 Å². The molecule has 0 fully saturated rings. The van der Waals surface area contributed by atoms with Crippen molar-refractivity contribution < 1.29 is 9.53 Å². The van der Waals surface area contributed by atoms with Gasteiger partial charge in [0.25, 0.3) is 0 Å². The number of hydrogen-bond acceptors (Lipinski definition) is 2. The number of ether oxygens (including phenoxy) is 1. The molecule has 2 amide bonds. The fourth-order valence-corrected chi connectivity index (χ4v) is 1.82. The lowest BCUT2D eigenvalue weighted by Gasteiger charge is -2.09. The lowest BCUT2D eigenvalue weighted by Crippen LogP contribution is -2.30. The van der Waals surface area contributed by atoms with Gasteiger partial charge in [-0.05, 0) is 31.0 Å². The summed E-state index contributed by atoms with van der Waals surface area (Å²) in [6.07, 6.45) is 2.97. The van der Waals surface area contributed by atoms with Gasteiger partial charge in [-0.25, -0.2) is 4.79 Å². The molecule has 0 bridgehead atoms. The molecule has 0 aromatic heterocycles. The molecular weight excluding hydrogens is 299 g/mol. The topological polar surface area (TPSA) is 50.4 Å². The van der Waals surface area contributed by atoms with Gasteiger partial charge >= 0.3 is 6.03 Å². The molecule has 112 valence electrons. The minimum Gasteiger partial charge on any atom is -0.381 e. The van der Waals surface area contributed by atoms with Crippen LogP contribution in [-0.2, 0) is 4.74 Å². The molecule has 1 aromatic rings. The molecule has 0 radical (unpaired) electrons. The lowest BCUT2D eigenvalue weighted by molar-refractivity contribution is 0.129. The summed E-state index contributed by atoms with van der Waals surface area (Å²) in [4.78, 5) is 11.6. The lowest BCUT2D eigenvalue weighted by atomic mass is 10.3. The highest BCUT2D eigenvalue weighted by Crippen LogP contribution is 2.25. The Hall–Kier alpha value is -0.970. The predicted octanol–water partition coefficient (Wildman–Crippen LogP) is 4.32. The third-order valence-electron chi connectivity index (χ3n) is 2.57. The van der Waals surface area contributed by atoms with Crippen molar-refractivity contribution in [3.05, 3.63) is 28.2 Å². The molecule has 0 aliphatic rings. The van der Waals surface area contributed by atoms with E-state index in [1.165, 1.54) is 0 Å². The Morgan fingerprint density at radius 3 is 2.75 bits per heavy atom. The van der Waals surface area contributed by atoms with Gasteiger partial charge < -0.3 is 15.4 Å². The summed E-state index contributed by atoms with van der Waals surface area (Å²) in [7, 11) is 0. The molecule has 6 heteroatoms. The van der Waals surface area contributed by atoms with Crippen molar-refractivity contribution in [2.75, 3.05) is 25.1 Å². The third kappa shape index (κ3) is 6.98. The highest BCUT2D eigenvalue weighted by atomic mass is 35.5. The van der Waals surface area contributed by atoms with Gasteiger partial charge in [0, 0.05) is 24.8 Å². The van der Waals surface area contributed by atoms with Crippen LogP contribution >= 0.6 is 23.2 Å². The molecule has 0 spiro atoms. The highest BCUT2D eigenvalue weighted by molar-refractivity contribution is 6.35. The Bertz CT molecular complexity index is 428. The highest BCUT2D eigenvalue weighted by Gasteiger charge is 2.05. The van der Waals surface area contributed by atoms with E-state index in [0.717, 1.165) is 25.9 Å². The van der Waals surface area contributed by atoms with Gasteiger partial charge in [0.2, 0.25) is 0 Å². The Kier molecular flexibility index (Phi) is 8.42. The number of carbonyl (C=O) groups is 1. The normalized spacial score (nSPS) is 10.3. The van der Waals surface area contributed by atoms with Crippen LogP contribution in [-0.4, -0.2) is 25.8 Å². The third-order valence-corrected chi connectivity index (χ3v) is 3.13. The molecule has 0 saturated carbocycles. The molecule has 0 aliphatic heterocycles. The number of urea groups is 1. The van der Waals surface area contributed by atoms with Crippen LogP contribution in [0.1, 0.15) is 26.2 Å². The smallest absolute Gasteiger partial charge is 0.319 e. The summed E-state index contributed by atoms with van der Waals surface area (Å²) < 4.78 is 5.40. The first-order valence-corrected chi connectivity index (χ1v) is 7.46. The molecule has 0 unspecified atom stereocenters. The van der Waals surface area contributed by atoms with Crippen molar-refractivity contribution in [2.24, 2.45) is 0 Å². The zero-order chi connectivity index (χ0) is 14.8. The van der Waals surface area contributed by atoms with Gasteiger partial charge in [0.15, 0.2) is 0 Å². The molecule has 20 heavy (non-hydrogen) atoms. The molecular formula is C14H20Cl2N2O2. The molecule has 0 saturated heterocycles. The van der Waals surface area contributed by atoms with Crippen molar-refractivity contribution in [2.45, 2.75) is 26.2 Å². The van der Waals surface area contributed by atoms with E-state index in [2.05, 4.69) is 17.6 Å². The zero-order valence-corrected chi connectivity index (χ0v) is 13.1. The van der Waals surface area contributed by atoms with Crippen molar-refractivity contribution >= 4 is 34.9 Å². The maximum atomic E-state index is 11.6. The fourth-order valence-electron chi connectivity index (χ4n) is 1.48. The maximum absolute atomic E-state index is 11.6. The standard InChI is InChI=1S/C14H20Cl2N2O2/c1-2-3-8-20-9-4-7-17-14(19)18-13-10-11(15)5-6-12(13)16/h5-6,10H,2-4,7-9H2,1H3,(H2,17,18,19). The van der Waals surface area contributed by atoms with Crippen molar-refractivity contribution in [1.29, 1.82) is 0 Å². The fraction of sp³-hybridized carbons (Fsp3) is 0.500. The van der Waals surface area contributed by atoms with Crippen molar-refractivity contribution in [3.8, 4) is 0 Å². The summed E-state index contributed by atoms with van der Waals surface area (Å²) >= 11 is 11.8. The van der Waals surface area contributed by atoms with Crippen LogP contribution in [0, 0.1) is 0 Å². The van der Waals surface area contributed by atoms with Crippen molar-refractivity contribution in [3.63, 3.8) is 0 Å². The van der Waals surface area contributed by atoms with Gasteiger partial charge in [-0.2, -0.15) is 0 Å². The van der Waals surface area contributed by atoms with Gasteiger partial charge in [-0.15, -0.1) is 0 Å². The average Bonchev–Trinajstić information content (AvgIpc) is 2.42. The van der Waals surface area contributed by atoms with Crippen LogP contribution in [0.4, 0.5) is 10.5 Å². The van der Waals surface area contributed by atoms with Crippen LogP contribution < -0.4 is 10.6 Å². The predicted molar refractivity (Wildman–Crippen MR) is 83.8 cm³/mol. The van der Waals surface area contributed by atoms with E-state index in [0.29, 0.717) is 28.9 Å². The molecule has 1 rings (SSSR count). The summed E-state index contributed by atoms with van der Waals surface area (Å²) in [6.45, 7) is 4.10. The van der Waals surface area contributed by atoms with Crippen LogP contribution in [0.2, 0.25) is 10.0 Å². The molecule has 2 N–H and O–H groups in total. The first kappa shape index (κ1) is 17.1. The number of hydrogen-bond donors (Lipinski definition) is 2. The minimum atomic E-state index is -0.303. The van der Waals surface area contributed by atoms with E-state index in [1.54, 1.807) is 18.2 Å². The second-order valence-corrected chi connectivity index (χ2v) is 5.17. The Morgan fingerprint density at radius 2 is 2.00 bits per heavy atom. The SMILES string of the molecule is CCCCOCCCNC(=O)Nc1cc(Cl)ccc1Cl. The Labute approximate surface area is 129 Å². The first-order chi connectivity index (χ1) is 9.63. The summed E-state index contributed by atoms with van der Waals surface area (Å²) in [5, 5.41) is 6.37. The number of carbonyl (C=O) groups excluding carboxylic acids is 1. The molecule has 4 nitrogen and oxygen atoms in total. The number of unbranched alkanes of at least 4 members (excludes halogenated alkanes) is 1. The van der Waals surface area contributed by atoms with E-state index in [9.17, 15) is 4.79 Å². The van der Waals surface area contributed by atoms with E-state index >= 15 is 0 Å². The number of rotatable bonds is 8. The monoisotopic (exact) mass is 318 g/mol. The summed E-state index contributed by atoms with van der Waals surface area (Å²) in [5.74, 6) is 0. The van der Waals surface area contributed by atoms with Crippen LogP contribution in [0.5, 0.6) is 0 Å². The van der Waals surface area contributed by atoms with Gasteiger partial charge in [0.1, 0.15) is 0 Å². The molecule has 0 atom stereocenters. The van der Waals surface area contributed by atoms with E-state index in [1.807, 2.05) is 0 Å². The number of benzene rings is 1. The van der Waals surface area contributed by atoms with Crippen LogP contribution in [0.3, 0.4) is 0 Å². The maximum Gasteiger partial charge on any atom is 0.319 e. The van der Waals surface area contributed by atoms with E-state index in [4.69, 9.17) is 27.9 Å². The number of anilines is 1. The van der Waals surface area contributed by atoms with Crippen LogP contribution in [0.25, 0.3) is 0 Å². The minimum absolute atomic E-state index is 0.303. The molecule has 0 aliphatic carbocycles. The van der Waals surface area contributed by atoms with E-state index < -0.39 is 0 Å². The first-order valence-electron chi connectivity index (χ1n) is 6.71. The van der Waals surface area contributed by atoms with E-state index in [-0.39, 0.29) is 6.03 Å². The van der Waals surface area contributed by atoms with Crippen LogP contribution in [0.15, 0.2) is 18.2 Å². The summed E-state index contributed by atoms with van der Waals surface area (Å²) in [5.41, 5.74) is 0.496. The number of amides is 2. The summed E-state index contributed by atoms with van der Waals surface area (Å²) in [6, 6.07) is 4.61. The quantitative estimate of drug-likeness (QED) is 0.701.